The van der Waals surface area contributed by atoms with Crippen molar-refractivity contribution in [1.82, 2.24) is 4.57 Å². The summed E-state index contributed by atoms with van der Waals surface area (Å²) in [4.78, 5) is 13.1. The van der Waals surface area contributed by atoms with Gasteiger partial charge in [0.25, 0.3) is 5.56 Å². The first-order chi connectivity index (χ1) is 14.9. The molecular formula is C26H38N2O3. The standard InChI is InChI=1S/C26H38N2O3/c1-6-8-9-10-11-12-13-20-17-21(27)23-22(18-20)28(5)26(29)25(30-15-7-2)24(23)31-16-14-19(3)4/h7,14,17-18H,2,6,8-13,15-16,27H2,1,3-5H3. The molecule has 0 fully saturated rings. The van der Waals surface area contributed by atoms with Crippen molar-refractivity contribution in [2.75, 3.05) is 18.9 Å². The highest BCUT2D eigenvalue weighted by molar-refractivity contribution is 5.98. The van der Waals surface area contributed by atoms with Gasteiger partial charge in [-0.05, 0) is 50.5 Å². The van der Waals surface area contributed by atoms with Crippen molar-refractivity contribution in [2.45, 2.75) is 65.7 Å². The van der Waals surface area contributed by atoms with E-state index in [2.05, 4.69) is 19.6 Å². The van der Waals surface area contributed by atoms with Gasteiger partial charge >= 0.3 is 0 Å². The Labute approximate surface area is 186 Å². The summed E-state index contributed by atoms with van der Waals surface area (Å²) in [6.07, 6.45) is 12.0. The van der Waals surface area contributed by atoms with Crippen molar-refractivity contribution in [3.8, 4) is 11.5 Å². The lowest BCUT2D eigenvalue weighted by molar-refractivity contribution is 0.305. The monoisotopic (exact) mass is 426 g/mol. The maximum absolute atomic E-state index is 13.1. The van der Waals surface area contributed by atoms with Crippen molar-refractivity contribution in [3.63, 3.8) is 0 Å². The quantitative estimate of drug-likeness (QED) is 0.245. The van der Waals surface area contributed by atoms with Gasteiger partial charge in [-0.1, -0.05) is 57.3 Å². The van der Waals surface area contributed by atoms with E-state index in [4.69, 9.17) is 15.2 Å². The van der Waals surface area contributed by atoms with E-state index in [-0.39, 0.29) is 17.9 Å². The van der Waals surface area contributed by atoms with Crippen LogP contribution >= 0.6 is 0 Å². The van der Waals surface area contributed by atoms with E-state index >= 15 is 0 Å². The largest absolute Gasteiger partial charge is 0.485 e. The van der Waals surface area contributed by atoms with E-state index in [9.17, 15) is 4.79 Å². The first-order valence-corrected chi connectivity index (χ1v) is 11.4. The van der Waals surface area contributed by atoms with Crippen LogP contribution in [0, 0.1) is 0 Å². The molecule has 0 saturated heterocycles. The number of anilines is 1. The molecule has 0 spiro atoms. The average molecular weight is 427 g/mol. The number of unbranched alkanes of at least 4 members (excludes halogenated alkanes) is 5. The summed E-state index contributed by atoms with van der Waals surface area (Å²) < 4.78 is 13.3. The molecule has 2 rings (SSSR count). The third-order valence-electron chi connectivity index (χ3n) is 5.39. The van der Waals surface area contributed by atoms with Crippen LogP contribution in [0.2, 0.25) is 0 Å². The second-order valence-corrected chi connectivity index (χ2v) is 8.31. The summed E-state index contributed by atoms with van der Waals surface area (Å²) in [5.74, 6) is 0.577. The molecular weight excluding hydrogens is 388 g/mol. The average Bonchev–Trinajstić information content (AvgIpc) is 2.73. The topological polar surface area (TPSA) is 66.5 Å². The minimum absolute atomic E-state index is 0.174. The van der Waals surface area contributed by atoms with Gasteiger partial charge < -0.3 is 19.8 Å². The molecule has 170 valence electrons. The number of benzene rings is 1. The molecule has 0 saturated carbocycles. The molecule has 1 aromatic heterocycles. The summed E-state index contributed by atoms with van der Waals surface area (Å²) in [5, 5.41) is 0.718. The highest BCUT2D eigenvalue weighted by atomic mass is 16.5. The number of hydrogen-bond acceptors (Lipinski definition) is 4. The summed E-state index contributed by atoms with van der Waals surface area (Å²) in [6.45, 7) is 10.5. The molecule has 0 radical (unpaired) electrons. The van der Waals surface area contributed by atoms with Gasteiger partial charge in [0.1, 0.15) is 13.2 Å². The molecule has 5 heteroatoms. The van der Waals surface area contributed by atoms with Crippen LogP contribution in [0.1, 0.15) is 64.9 Å². The highest BCUT2D eigenvalue weighted by Gasteiger charge is 2.20. The zero-order valence-electron chi connectivity index (χ0n) is 19.6. The zero-order valence-corrected chi connectivity index (χ0v) is 19.6. The van der Waals surface area contributed by atoms with Crippen LogP contribution in [0.5, 0.6) is 11.5 Å². The lowest BCUT2D eigenvalue weighted by Crippen LogP contribution is -2.22. The number of rotatable bonds is 13. The minimum Gasteiger partial charge on any atom is -0.485 e. The lowest BCUT2D eigenvalue weighted by Gasteiger charge is -2.18. The number of ether oxygens (including phenoxy) is 2. The Balaban J connectivity index is 2.42. The SMILES string of the molecule is C=CCOc1c(OCC=C(C)C)c2c(N)cc(CCCCCCCC)cc2n(C)c1=O. The fraction of sp³-hybridized carbons (Fsp3) is 0.500. The van der Waals surface area contributed by atoms with E-state index in [1.165, 1.54) is 32.1 Å². The Morgan fingerprint density at radius 3 is 2.42 bits per heavy atom. The van der Waals surface area contributed by atoms with E-state index in [1.807, 2.05) is 26.0 Å². The third-order valence-corrected chi connectivity index (χ3v) is 5.39. The van der Waals surface area contributed by atoms with Gasteiger partial charge in [0.05, 0.1) is 10.9 Å². The van der Waals surface area contributed by atoms with Crippen LogP contribution in [-0.4, -0.2) is 17.8 Å². The van der Waals surface area contributed by atoms with Crippen LogP contribution in [-0.2, 0) is 13.5 Å². The number of nitrogens with two attached hydrogens (primary N) is 1. The number of allylic oxidation sites excluding steroid dienone is 1. The molecule has 0 amide bonds. The molecule has 0 aliphatic rings. The van der Waals surface area contributed by atoms with Gasteiger partial charge in [0.2, 0.25) is 5.75 Å². The van der Waals surface area contributed by atoms with Crippen molar-refractivity contribution in [2.24, 2.45) is 7.05 Å². The van der Waals surface area contributed by atoms with Crippen molar-refractivity contribution in [1.29, 1.82) is 0 Å². The molecule has 0 aliphatic heterocycles. The van der Waals surface area contributed by atoms with E-state index in [1.54, 1.807) is 17.7 Å². The summed E-state index contributed by atoms with van der Waals surface area (Å²) >= 11 is 0. The van der Waals surface area contributed by atoms with Crippen LogP contribution in [0.4, 0.5) is 5.69 Å². The van der Waals surface area contributed by atoms with Gasteiger partial charge in [-0.15, -0.1) is 0 Å². The van der Waals surface area contributed by atoms with Crippen LogP contribution in [0.25, 0.3) is 10.9 Å². The fourth-order valence-electron chi connectivity index (χ4n) is 3.65. The second-order valence-electron chi connectivity index (χ2n) is 8.31. The van der Waals surface area contributed by atoms with Gasteiger partial charge in [0.15, 0.2) is 5.75 Å². The molecule has 5 nitrogen and oxygen atoms in total. The normalized spacial score (nSPS) is 10.8. The first-order valence-electron chi connectivity index (χ1n) is 11.4. The van der Waals surface area contributed by atoms with Gasteiger partial charge in [0, 0.05) is 12.7 Å². The number of nitrogens with zero attached hydrogens (tertiary/aromatic N) is 1. The molecule has 0 aliphatic carbocycles. The molecule has 0 atom stereocenters. The predicted molar refractivity (Wildman–Crippen MR) is 131 cm³/mol. The van der Waals surface area contributed by atoms with E-state index in [0.717, 1.165) is 34.9 Å². The number of aryl methyl sites for hydroxylation is 2. The molecule has 0 bridgehead atoms. The zero-order chi connectivity index (χ0) is 22.8. The number of aromatic nitrogens is 1. The number of hydrogen-bond donors (Lipinski definition) is 1. The Bertz CT molecular complexity index is 969. The minimum atomic E-state index is -0.238. The van der Waals surface area contributed by atoms with Crippen LogP contribution in [0.3, 0.4) is 0 Å². The molecule has 1 aromatic carbocycles. The van der Waals surface area contributed by atoms with Crippen molar-refractivity contribution >= 4 is 16.6 Å². The Hall–Kier alpha value is -2.69. The van der Waals surface area contributed by atoms with Gasteiger partial charge in [-0.25, -0.2) is 0 Å². The Morgan fingerprint density at radius 2 is 1.74 bits per heavy atom. The third kappa shape index (κ3) is 6.65. The van der Waals surface area contributed by atoms with Crippen molar-refractivity contribution < 1.29 is 9.47 Å². The molecule has 0 unspecified atom stereocenters. The maximum atomic E-state index is 13.1. The number of nitrogen functional groups attached to an aromatic ring is 1. The molecule has 2 N–H and O–H groups in total. The molecule has 1 heterocycles. The van der Waals surface area contributed by atoms with Gasteiger partial charge in [-0.3, -0.25) is 4.79 Å². The van der Waals surface area contributed by atoms with Crippen LogP contribution in [0.15, 0.2) is 41.2 Å². The summed E-state index contributed by atoms with van der Waals surface area (Å²) in [7, 11) is 1.75. The highest BCUT2D eigenvalue weighted by Crippen LogP contribution is 2.37. The van der Waals surface area contributed by atoms with Crippen LogP contribution < -0.4 is 20.8 Å². The van der Waals surface area contributed by atoms with Gasteiger partial charge in [-0.2, -0.15) is 0 Å². The summed E-state index contributed by atoms with van der Waals surface area (Å²) in [6, 6.07) is 4.06. The predicted octanol–water partition coefficient (Wildman–Crippen LogP) is 5.93. The number of pyridine rings is 1. The smallest absolute Gasteiger partial charge is 0.297 e. The maximum Gasteiger partial charge on any atom is 0.297 e. The summed E-state index contributed by atoms with van der Waals surface area (Å²) in [5.41, 5.74) is 9.90. The fourth-order valence-corrected chi connectivity index (χ4v) is 3.65. The Kier molecular flexibility index (Phi) is 9.70. The van der Waals surface area contributed by atoms with E-state index < -0.39 is 0 Å². The van der Waals surface area contributed by atoms with Crippen molar-refractivity contribution in [3.05, 3.63) is 52.4 Å². The first kappa shape index (κ1) is 24.6. The molecule has 2 aromatic rings. The second kappa shape index (κ2) is 12.2. The van der Waals surface area contributed by atoms with E-state index in [0.29, 0.717) is 18.0 Å². The Morgan fingerprint density at radius 1 is 1.06 bits per heavy atom. The lowest BCUT2D eigenvalue weighted by atomic mass is 10.0. The number of fused-ring (bicyclic) bond motifs is 1. The molecule has 31 heavy (non-hydrogen) atoms.